The summed E-state index contributed by atoms with van der Waals surface area (Å²) in [5.74, 6) is 1.62. The first-order valence-corrected chi connectivity index (χ1v) is 9.71. The van der Waals surface area contributed by atoms with Crippen LogP contribution in [0.1, 0.15) is 48.8 Å². The number of methoxy groups -OCH3 is 2. The number of aryl methyl sites for hydroxylation is 1. The molecule has 1 saturated heterocycles. The van der Waals surface area contributed by atoms with E-state index in [9.17, 15) is 4.79 Å². The van der Waals surface area contributed by atoms with Gasteiger partial charge < -0.3 is 19.7 Å². The number of hydrogen-bond acceptors (Lipinski definition) is 6. The average Bonchev–Trinajstić information content (AvgIpc) is 2.72. The molecular weight excluding hydrogens is 356 g/mol. The highest BCUT2D eigenvalue weighted by molar-refractivity contribution is 5.93. The van der Waals surface area contributed by atoms with Crippen LogP contribution in [0.3, 0.4) is 0 Å². The number of hydrogen-bond donors (Lipinski definition) is 1. The van der Waals surface area contributed by atoms with Gasteiger partial charge in [-0.05, 0) is 50.8 Å². The van der Waals surface area contributed by atoms with E-state index in [-0.39, 0.29) is 5.91 Å². The molecule has 3 rings (SSSR count). The molecule has 1 aromatic heterocycles. The molecule has 28 heavy (non-hydrogen) atoms. The largest absolute Gasteiger partial charge is 0.493 e. The van der Waals surface area contributed by atoms with Crippen LogP contribution < -0.4 is 14.8 Å². The number of anilines is 2. The number of aromatic nitrogens is 2. The Labute approximate surface area is 166 Å². The van der Waals surface area contributed by atoms with Gasteiger partial charge in [-0.15, -0.1) is 0 Å². The Morgan fingerprint density at radius 2 is 1.96 bits per heavy atom. The number of nitrogens with zero attached hydrogens (tertiary/aromatic N) is 3. The normalized spacial score (nSPS) is 16.6. The summed E-state index contributed by atoms with van der Waals surface area (Å²) >= 11 is 0. The van der Waals surface area contributed by atoms with Gasteiger partial charge in [0, 0.05) is 30.0 Å². The van der Waals surface area contributed by atoms with Crippen molar-refractivity contribution in [1.82, 2.24) is 14.9 Å². The predicted octanol–water partition coefficient (Wildman–Crippen LogP) is 3.95. The SMILES string of the molecule is CCC1CCCCN1C(=O)c1cc(C)nc(Nc2ccc(OC)c(OC)c2)n1. The highest BCUT2D eigenvalue weighted by Crippen LogP contribution is 2.30. The molecule has 7 heteroatoms. The third-order valence-electron chi connectivity index (χ3n) is 5.07. The first-order chi connectivity index (χ1) is 13.5. The van der Waals surface area contributed by atoms with Crippen molar-refractivity contribution in [2.75, 3.05) is 26.1 Å². The predicted molar refractivity (Wildman–Crippen MR) is 109 cm³/mol. The van der Waals surface area contributed by atoms with E-state index in [0.717, 1.165) is 37.2 Å². The summed E-state index contributed by atoms with van der Waals surface area (Å²) in [4.78, 5) is 24.0. The van der Waals surface area contributed by atoms with Gasteiger partial charge in [-0.2, -0.15) is 0 Å². The van der Waals surface area contributed by atoms with E-state index in [4.69, 9.17) is 9.47 Å². The van der Waals surface area contributed by atoms with E-state index in [0.29, 0.717) is 29.2 Å². The van der Waals surface area contributed by atoms with Crippen LogP contribution in [0.15, 0.2) is 24.3 Å². The van der Waals surface area contributed by atoms with Gasteiger partial charge in [-0.3, -0.25) is 4.79 Å². The first-order valence-electron chi connectivity index (χ1n) is 9.71. The van der Waals surface area contributed by atoms with Gasteiger partial charge in [0.15, 0.2) is 11.5 Å². The summed E-state index contributed by atoms with van der Waals surface area (Å²) in [7, 11) is 3.18. The molecule has 1 fully saturated rings. The Hall–Kier alpha value is -2.83. The second kappa shape index (κ2) is 8.91. The third-order valence-corrected chi connectivity index (χ3v) is 5.07. The van der Waals surface area contributed by atoms with Crippen LogP contribution in [0.2, 0.25) is 0 Å². The number of amides is 1. The lowest BCUT2D eigenvalue weighted by Crippen LogP contribution is -2.43. The Morgan fingerprint density at radius 3 is 2.68 bits per heavy atom. The smallest absolute Gasteiger partial charge is 0.272 e. The molecule has 150 valence electrons. The fraction of sp³-hybridized carbons (Fsp3) is 0.476. The molecule has 1 aliphatic heterocycles. The van der Waals surface area contributed by atoms with Gasteiger partial charge >= 0.3 is 0 Å². The highest BCUT2D eigenvalue weighted by Gasteiger charge is 2.27. The molecule has 0 saturated carbocycles. The molecule has 2 heterocycles. The van der Waals surface area contributed by atoms with E-state index >= 15 is 0 Å². The molecule has 1 atom stereocenters. The Kier molecular flexibility index (Phi) is 6.34. The molecule has 1 aliphatic rings. The second-order valence-electron chi connectivity index (χ2n) is 6.97. The van der Waals surface area contributed by atoms with Crippen LogP contribution in [0.4, 0.5) is 11.6 Å². The van der Waals surface area contributed by atoms with Crippen molar-refractivity contribution in [2.24, 2.45) is 0 Å². The maximum atomic E-state index is 13.1. The van der Waals surface area contributed by atoms with Crippen molar-refractivity contribution in [2.45, 2.75) is 45.6 Å². The van der Waals surface area contributed by atoms with Crippen molar-refractivity contribution >= 4 is 17.5 Å². The van der Waals surface area contributed by atoms with Crippen molar-refractivity contribution in [1.29, 1.82) is 0 Å². The van der Waals surface area contributed by atoms with Crippen LogP contribution in [0, 0.1) is 6.92 Å². The van der Waals surface area contributed by atoms with E-state index in [2.05, 4.69) is 22.2 Å². The fourth-order valence-electron chi connectivity index (χ4n) is 3.62. The van der Waals surface area contributed by atoms with Crippen molar-refractivity contribution < 1.29 is 14.3 Å². The van der Waals surface area contributed by atoms with Crippen LogP contribution in [0.25, 0.3) is 0 Å². The molecule has 1 aromatic carbocycles. The van der Waals surface area contributed by atoms with Crippen molar-refractivity contribution in [3.8, 4) is 11.5 Å². The maximum Gasteiger partial charge on any atom is 0.272 e. The van der Waals surface area contributed by atoms with Crippen LogP contribution in [-0.2, 0) is 0 Å². The molecule has 1 N–H and O–H groups in total. The molecule has 7 nitrogen and oxygen atoms in total. The van der Waals surface area contributed by atoms with Gasteiger partial charge in [-0.25, -0.2) is 9.97 Å². The van der Waals surface area contributed by atoms with E-state index in [1.807, 2.05) is 30.0 Å². The minimum Gasteiger partial charge on any atom is -0.493 e. The van der Waals surface area contributed by atoms with Gasteiger partial charge in [0.05, 0.1) is 14.2 Å². The average molecular weight is 384 g/mol. The number of nitrogens with one attached hydrogen (secondary N) is 1. The summed E-state index contributed by atoms with van der Waals surface area (Å²) in [6.07, 6.45) is 4.25. The van der Waals surface area contributed by atoms with Crippen LogP contribution >= 0.6 is 0 Å². The number of rotatable bonds is 6. The zero-order valence-electron chi connectivity index (χ0n) is 17.0. The van der Waals surface area contributed by atoms with Gasteiger partial charge in [0.2, 0.25) is 5.95 Å². The molecule has 1 unspecified atom stereocenters. The number of piperidine rings is 1. The third kappa shape index (κ3) is 4.35. The number of carbonyl (C=O) groups excluding carboxylic acids is 1. The lowest BCUT2D eigenvalue weighted by Gasteiger charge is -2.35. The first kappa shape index (κ1) is 19.9. The van der Waals surface area contributed by atoms with Crippen molar-refractivity contribution in [3.05, 3.63) is 35.7 Å². The minimum atomic E-state index is -0.0209. The maximum absolute atomic E-state index is 13.1. The highest BCUT2D eigenvalue weighted by atomic mass is 16.5. The monoisotopic (exact) mass is 384 g/mol. The lowest BCUT2D eigenvalue weighted by atomic mass is 9.99. The Morgan fingerprint density at radius 1 is 1.18 bits per heavy atom. The fourth-order valence-corrected chi connectivity index (χ4v) is 3.62. The van der Waals surface area contributed by atoms with E-state index in [1.54, 1.807) is 20.3 Å². The number of likely N-dealkylation sites (tertiary alicyclic amines) is 1. The van der Waals surface area contributed by atoms with Crippen LogP contribution in [-0.4, -0.2) is 47.6 Å². The lowest BCUT2D eigenvalue weighted by molar-refractivity contribution is 0.0602. The zero-order chi connectivity index (χ0) is 20.1. The van der Waals surface area contributed by atoms with E-state index < -0.39 is 0 Å². The van der Waals surface area contributed by atoms with Gasteiger partial charge in [0.25, 0.3) is 5.91 Å². The second-order valence-corrected chi connectivity index (χ2v) is 6.97. The van der Waals surface area contributed by atoms with E-state index in [1.165, 1.54) is 6.42 Å². The quantitative estimate of drug-likeness (QED) is 0.813. The summed E-state index contributed by atoms with van der Waals surface area (Å²) in [6.45, 7) is 4.79. The Balaban J connectivity index is 1.84. The summed E-state index contributed by atoms with van der Waals surface area (Å²) in [6, 6.07) is 7.51. The minimum absolute atomic E-state index is 0.0209. The van der Waals surface area contributed by atoms with Gasteiger partial charge in [0.1, 0.15) is 5.69 Å². The molecule has 2 aromatic rings. The topological polar surface area (TPSA) is 76.6 Å². The summed E-state index contributed by atoms with van der Waals surface area (Å²) < 4.78 is 10.6. The molecule has 0 radical (unpaired) electrons. The molecule has 0 aliphatic carbocycles. The molecule has 1 amide bonds. The zero-order valence-corrected chi connectivity index (χ0v) is 17.0. The van der Waals surface area contributed by atoms with Crippen molar-refractivity contribution in [3.63, 3.8) is 0 Å². The number of carbonyl (C=O) groups is 1. The Bertz CT molecular complexity index is 840. The van der Waals surface area contributed by atoms with Crippen LogP contribution in [0.5, 0.6) is 11.5 Å². The number of ether oxygens (including phenoxy) is 2. The molecule has 0 spiro atoms. The summed E-state index contributed by atoms with van der Waals surface area (Å²) in [5.41, 5.74) is 1.92. The van der Waals surface area contributed by atoms with Gasteiger partial charge in [-0.1, -0.05) is 6.92 Å². The molecular formula is C21H28N4O3. The number of benzene rings is 1. The summed E-state index contributed by atoms with van der Waals surface area (Å²) in [5, 5.41) is 3.17. The molecule has 0 bridgehead atoms. The standard InChI is InChI=1S/C21H28N4O3/c1-5-16-8-6-7-11-25(16)20(26)17-12-14(2)22-21(24-17)23-15-9-10-18(27-3)19(13-15)28-4/h9-10,12-13,16H,5-8,11H2,1-4H3,(H,22,23,24).